The molecule has 23 heavy (non-hydrogen) atoms. The molecule has 6 heteroatoms. The Labute approximate surface area is 141 Å². The molecule has 0 aliphatic heterocycles. The molecule has 2 N–H and O–H groups in total. The largest absolute Gasteiger partial charge is 0.365 e. The van der Waals surface area contributed by atoms with Crippen LogP contribution in [0.4, 0.5) is 11.5 Å². The summed E-state index contributed by atoms with van der Waals surface area (Å²) in [4.78, 5) is 20.6. The van der Waals surface area contributed by atoms with E-state index in [1.54, 1.807) is 6.07 Å². The summed E-state index contributed by atoms with van der Waals surface area (Å²) in [6.45, 7) is 9.92. The molecule has 2 aromatic rings. The smallest absolute Gasteiger partial charge is 0.274 e. The number of hydrogen-bond acceptors (Lipinski definition) is 4. The maximum atomic E-state index is 12.4. The Morgan fingerprint density at radius 1 is 1.13 bits per heavy atom. The van der Waals surface area contributed by atoms with Gasteiger partial charge in [0.15, 0.2) is 0 Å². The van der Waals surface area contributed by atoms with E-state index in [0.717, 1.165) is 11.1 Å². The number of carbonyl (C=O) groups excluding carboxylic acids is 1. The third-order valence-corrected chi connectivity index (χ3v) is 3.37. The predicted molar refractivity (Wildman–Crippen MR) is 94.3 cm³/mol. The van der Waals surface area contributed by atoms with Gasteiger partial charge < -0.3 is 10.6 Å². The Morgan fingerprint density at radius 2 is 1.83 bits per heavy atom. The van der Waals surface area contributed by atoms with Gasteiger partial charge in [0, 0.05) is 11.6 Å². The third-order valence-electron chi connectivity index (χ3n) is 3.07. The van der Waals surface area contributed by atoms with Crippen LogP contribution in [0.5, 0.6) is 0 Å². The molecule has 0 radical (unpaired) electrons. The molecular weight excluding hydrogens is 312 g/mol. The Morgan fingerprint density at radius 3 is 2.43 bits per heavy atom. The molecule has 1 heterocycles. The minimum atomic E-state index is -0.321. The number of nitrogens with zero attached hydrogens (tertiary/aromatic N) is 2. The number of halogens is 1. The number of aromatic nitrogens is 2. The molecule has 1 aromatic heterocycles. The molecule has 0 bridgehead atoms. The zero-order chi connectivity index (χ0) is 17.2. The summed E-state index contributed by atoms with van der Waals surface area (Å²) in [6, 6.07) is 5.41. The fourth-order valence-corrected chi connectivity index (χ4v) is 2.55. The van der Waals surface area contributed by atoms with Crippen LogP contribution in [-0.2, 0) is 0 Å². The molecule has 0 fully saturated rings. The van der Waals surface area contributed by atoms with Crippen LogP contribution < -0.4 is 10.6 Å². The number of benzene rings is 1. The molecule has 1 aromatic carbocycles. The summed E-state index contributed by atoms with van der Waals surface area (Å²) in [7, 11) is 0. The van der Waals surface area contributed by atoms with Crippen LogP contribution in [0.25, 0.3) is 0 Å². The Bertz CT molecular complexity index is 715. The van der Waals surface area contributed by atoms with E-state index < -0.39 is 0 Å². The molecule has 0 saturated carbocycles. The molecule has 0 aliphatic rings. The van der Waals surface area contributed by atoms with Crippen molar-refractivity contribution in [1.82, 2.24) is 9.97 Å². The van der Waals surface area contributed by atoms with E-state index in [9.17, 15) is 4.79 Å². The first kappa shape index (κ1) is 17.2. The zero-order valence-corrected chi connectivity index (χ0v) is 14.7. The molecule has 0 spiro atoms. The van der Waals surface area contributed by atoms with E-state index in [1.807, 2.05) is 46.8 Å². The van der Waals surface area contributed by atoms with Crippen LogP contribution in [-0.4, -0.2) is 21.4 Å². The van der Waals surface area contributed by atoms with Crippen LogP contribution >= 0.6 is 11.6 Å². The summed E-state index contributed by atoms with van der Waals surface area (Å²) in [5.74, 6) is 0.280. The fraction of sp³-hybridized carbons (Fsp3) is 0.353. The average molecular weight is 333 g/mol. The lowest BCUT2D eigenvalue weighted by Gasteiger charge is -2.21. The van der Waals surface area contributed by atoms with Gasteiger partial charge in [-0.05, 0) is 51.8 Å². The van der Waals surface area contributed by atoms with E-state index in [-0.39, 0.29) is 17.1 Å². The monoisotopic (exact) mass is 332 g/mol. The highest BCUT2D eigenvalue weighted by Gasteiger charge is 2.15. The van der Waals surface area contributed by atoms with Crippen molar-refractivity contribution in [2.75, 3.05) is 10.6 Å². The number of carbonyl (C=O) groups is 1. The first-order valence-corrected chi connectivity index (χ1v) is 7.72. The quantitative estimate of drug-likeness (QED) is 0.883. The van der Waals surface area contributed by atoms with Crippen LogP contribution in [0.2, 0.25) is 5.02 Å². The van der Waals surface area contributed by atoms with Gasteiger partial charge >= 0.3 is 0 Å². The van der Waals surface area contributed by atoms with Gasteiger partial charge in [0.25, 0.3) is 5.91 Å². The van der Waals surface area contributed by atoms with Crippen molar-refractivity contribution in [2.45, 2.75) is 40.2 Å². The van der Waals surface area contributed by atoms with Crippen molar-refractivity contribution in [3.63, 3.8) is 0 Å². The van der Waals surface area contributed by atoms with Gasteiger partial charge in [0.05, 0.1) is 10.7 Å². The van der Waals surface area contributed by atoms with Crippen LogP contribution in [0.1, 0.15) is 42.4 Å². The molecule has 1 amide bonds. The Kier molecular flexibility index (Phi) is 4.90. The summed E-state index contributed by atoms with van der Waals surface area (Å²) < 4.78 is 0. The van der Waals surface area contributed by atoms with Crippen LogP contribution in [0.15, 0.2) is 24.5 Å². The van der Waals surface area contributed by atoms with Crippen molar-refractivity contribution in [1.29, 1.82) is 0 Å². The van der Waals surface area contributed by atoms with Crippen LogP contribution in [0, 0.1) is 13.8 Å². The van der Waals surface area contributed by atoms with Crippen molar-refractivity contribution >= 4 is 29.0 Å². The lowest BCUT2D eigenvalue weighted by Crippen LogP contribution is -2.27. The summed E-state index contributed by atoms with van der Waals surface area (Å²) in [6.07, 6.45) is 1.37. The highest BCUT2D eigenvalue weighted by atomic mass is 35.5. The molecule has 0 saturated heterocycles. The van der Waals surface area contributed by atoms with E-state index in [1.165, 1.54) is 6.33 Å². The lowest BCUT2D eigenvalue weighted by atomic mass is 10.1. The zero-order valence-electron chi connectivity index (χ0n) is 14.0. The van der Waals surface area contributed by atoms with Crippen molar-refractivity contribution in [3.05, 3.63) is 46.4 Å². The van der Waals surface area contributed by atoms with Gasteiger partial charge in [-0.3, -0.25) is 4.79 Å². The third kappa shape index (κ3) is 4.66. The normalized spacial score (nSPS) is 11.2. The lowest BCUT2D eigenvalue weighted by molar-refractivity contribution is 0.102. The van der Waals surface area contributed by atoms with Gasteiger partial charge in [-0.2, -0.15) is 0 Å². The summed E-state index contributed by atoms with van der Waals surface area (Å²) in [5.41, 5.74) is 2.68. The first-order chi connectivity index (χ1) is 10.7. The van der Waals surface area contributed by atoms with Gasteiger partial charge in [0.2, 0.25) is 0 Å². The van der Waals surface area contributed by atoms with E-state index in [0.29, 0.717) is 16.5 Å². The second-order valence-electron chi connectivity index (χ2n) is 6.56. The minimum Gasteiger partial charge on any atom is -0.365 e. The van der Waals surface area contributed by atoms with Crippen molar-refractivity contribution in [2.24, 2.45) is 0 Å². The van der Waals surface area contributed by atoms with Gasteiger partial charge in [-0.15, -0.1) is 0 Å². The van der Waals surface area contributed by atoms with E-state index in [4.69, 9.17) is 11.6 Å². The Hall–Kier alpha value is -2.14. The number of rotatable bonds is 3. The average Bonchev–Trinajstić information content (AvgIpc) is 2.41. The second-order valence-corrected chi connectivity index (χ2v) is 6.96. The maximum Gasteiger partial charge on any atom is 0.274 e. The number of amides is 1. The molecule has 122 valence electrons. The van der Waals surface area contributed by atoms with Crippen LogP contribution in [0.3, 0.4) is 0 Å². The number of nitrogens with one attached hydrogen (secondary N) is 2. The molecule has 0 unspecified atom stereocenters. The highest BCUT2D eigenvalue weighted by molar-refractivity contribution is 6.34. The minimum absolute atomic E-state index is 0.154. The van der Waals surface area contributed by atoms with Crippen molar-refractivity contribution < 1.29 is 4.79 Å². The predicted octanol–water partition coefficient (Wildman–Crippen LogP) is 4.21. The topological polar surface area (TPSA) is 66.9 Å². The van der Waals surface area contributed by atoms with Crippen molar-refractivity contribution in [3.8, 4) is 0 Å². The molecule has 5 nitrogen and oxygen atoms in total. The highest BCUT2D eigenvalue weighted by Crippen LogP contribution is 2.27. The van der Waals surface area contributed by atoms with Gasteiger partial charge in [-0.25, -0.2) is 9.97 Å². The number of anilines is 2. The molecule has 0 atom stereocenters. The van der Waals surface area contributed by atoms with Gasteiger partial charge in [0.1, 0.15) is 17.8 Å². The standard InChI is InChI=1S/C17H21ClN4O/c1-10-6-11(2)15(12(18)7-10)21-16(23)13-8-14(20-9-19-13)22-17(3,4)5/h6-9H,1-5H3,(H,21,23)(H,19,20,22). The summed E-state index contributed by atoms with van der Waals surface area (Å²) in [5, 5.41) is 6.55. The second kappa shape index (κ2) is 6.54. The number of hydrogen-bond donors (Lipinski definition) is 2. The Balaban J connectivity index is 2.23. The molecule has 2 rings (SSSR count). The number of aryl methyl sites for hydroxylation is 2. The maximum absolute atomic E-state index is 12.4. The van der Waals surface area contributed by atoms with Gasteiger partial charge in [-0.1, -0.05) is 17.7 Å². The molecule has 0 aliphatic carbocycles. The van der Waals surface area contributed by atoms with E-state index in [2.05, 4.69) is 20.6 Å². The van der Waals surface area contributed by atoms with E-state index >= 15 is 0 Å². The first-order valence-electron chi connectivity index (χ1n) is 7.34. The fourth-order valence-electron chi connectivity index (χ4n) is 2.19. The molecular formula is C17H21ClN4O. The SMILES string of the molecule is Cc1cc(C)c(NC(=O)c2cc(NC(C)(C)C)ncn2)c(Cl)c1. The summed E-state index contributed by atoms with van der Waals surface area (Å²) >= 11 is 6.22.